The van der Waals surface area contributed by atoms with Crippen molar-refractivity contribution >= 4 is 11.3 Å². The SMILES string of the molecule is COCCn1nc(-c2cocn2)c2c1CCN(Cc1ccsc1)C2. The molecule has 0 atom stereocenters. The minimum atomic E-state index is 0.658. The molecule has 0 N–H and O–H groups in total. The second kappa shape index (κ2) is 6.88. The van der Waals surface area contributed by atoms with Gasteiger partial charge in [0.05, 0.1) is 13.2 Å². The van der Waals surface area contributed by atoms with Crippen molar-refractivity contribution in [1.29, 1.82) is 0 Å². The molecule has 0 saturated carbocycles. The van der Waals surface area contributed by atoms with Crippen molar-refractivity contribution < 1.29 is 9.15 Å². The van der Waals surface area contributed by atoms with Gasteiger partial charge in [-0.05, 0) is 22.4 Å². The van der Waals surface area contributed by atoms with Crippen LogP contribution < -0.4 is 0 Å². The van der Waals surface area contributed by atoms with Crippen LogP contribution in [0.5, 0.6) is 0 Å². The molecule has 0 bridgehead atoms. The molecule has 0 aliphatic carbocycles. The Kier molecular flexibility index (Phi) is 4.46. The van der Waals surface area contributed by atoms with Crippen molar-refractivity contribution in [1.82, 2.24) is 19.7 Å². The normalized spacial score (nSPS) is 14.9. The van der Waals surface area contributed by atoms with Gasteiger partial charge >= 0.3 is 0 Å². The number of nitrogens with zero attached hydrogens (tertiary/aromatic N) is 4. The molecule has 3 aromatic heterocycles. The molecule has 3 aromatic rings. The maximum absolute atomic E-state index is 5.22. The summed E-state index contributed by atoms with van der Waals surface area (Å²) in [5, 5.41) is 9.14. The minimum Gasteiger partial charge on any atom is -0.451 e. The lowest BCUT2D eigenvalue weighted by Gasteiger charge is -2.27. The quantitative estimate of drug-likeness (QED) is 0.688. The van der Waals surface area contributed by atoms with Gasteiger partial charge in [-0.3, -0.25) is 9.58 Å². The van der Waals surface area contributed by atoms with Crippen LogP contribution in [-0.4, -0.2) is 39.9 Å². The van der Waals surface area contributed by atoms with Crippen molar-refractivity contribution in [3.05, 3.63) is 46.3 Å². The number of aromatic nitrogens is 3. The highest BCUT2D eigenvalue weighted by Crippen LogP contribution is 2.30. The van der Waals surface area contributed by atoms with Gasteiger partial charge in [-0.25, -0.2) is 4.98 Å². The zero-order valence-electron chi connectivity index (χ0n) is 13.6. The fourth-order valence-corrected chi connectivity index (χ4v) is 3.88. The van der Waals surface area contributed by atoms with Crippen LogP contribution in [0.4, 0.5) is 0 Å². The summed E-state index contributed by atoms with van der Waals surface area (Å²) in [6, 6.07) is 2.20. The lowest BCUT2D eigenvalue weighted by Crippen LogP contribution is -2.31. The van der Waals surface area contributed by atoms with E-state index in [-0.39, 0.29) is 0 Å². The van der Waals surface area contributed by atoms with E-state index in [1.807, 2.05) is 0 Å². The standard InChI is InChI=1S/C17H20N4O2S/c1-22-6-5-21-16-2-4-20(8-13-3-7-24-11-13)9-14(16)17(19-21)15-10-23-12-18-15/h3,7,10-12H,2,4-6,8-9H2,1H3. The first kappa shape index (κ1) is 15.6. The van der Waals surface area contributed by atoms with E-state index in [0.717, 1.165) is 44.0 Å². The molecule has 4 heterocycles. The summed E-state index contributed by atoms with van der Waals surface area (Å²) in [6.07, 6.45) is 4.12. The topological polar surface area (TPSA) is 56.3 Å². The molecule has 0 unspecified atom stereocenters. The highest BCUT2D eigenvalue weighted by atomic mass is 32.1. The number of methoxy groups -OCH3 is 1. The maximum atomic E-state index is 5.22. The highest BCUT2D eigenvalue weighted by Gasteiger charge is 2.26. The highest BCUT2D eigenvalue weighted by molar-refractivity contribution is 7.07. The van der Waals surface area contributed by atoms with Crippen LogP contribution in [0.3, 0.4) is 0 Å². The summed E-state index contributed by atoms with van der Waals surface area (Å²) in [4.78, 5) is 6.77. The van der Waals surface area contributed by atoms with Crippen LogP contribution in [0.15, 0.2) is 33.9 Å². The predicted molar refractivity (Wildman–Crippen MR) is 91.7 cm³/mol. The molecule has 4 rings (SSSR count). The maximum Gasteiger partial charge on any atom is 0.181 e. The van der Waals surface area contributed by atoms with Crippen LogP contribution in [0.2, 0.25) is 0 Å². The van der Waals surface area contributed by atoms with Crippen molar-refractivity contribution in [2.24, 2.45) is 0 Å². The van der Waals surface area contributed by atoms with Gasteiger partial charge in [0.2, 0.25) is 0 Å². The van der Waals surface area contributed by atoms with Gasteiger partial charge in [0.1, 0.15) is 17.7 Å². The Morgan fingerprint density at radius 2 is 2.38 bits per heavy atom. The van der Waals surface area contributed by atoms with Gasteiger partial charge in [0, 0.05) is 44.4 Å². The molecular weight excluding hydrogens is 324 g/mol. The summed E-state index contributed by atoms with van der Waals surface area (Å²) >= 11 is 1.75. The molecule has 0 amide bonds. The second-order valence-corrected chi connectivity index (χ2v) is 6.74. The van der Waals surface area contributed by atoms with Crippen LogP contribution in [0.1, 0.15) is 16.8 Å². The number of thiophene rings is 1. The summed E-state index contributed by atoms with van der Waals surface area (Å²) in [6.45, 7) is 4.33. The fraction of sp³-hybridized carbons (Fsp3) is 0.412. The number of fused-ring (bicyclic) bond motifs is 1. The summed E-state index contributed by atoms with van der Waals surface area (Å²) in [5.74, 6) is 0. The molecule has 0 saturated heterocycles. The lowest BCUT2D eigenvalue weighted by atomic mass is 10.0. The Morgan fingerprint density at radius 3 is 3.12 bits per heavy atom. The predicted octanol–water partition coefficient (Wildman–Crippen LogP) is 2.80. The van der Waals surface area contributed by atoms with Crippen LogP contribution in [0, 0.1) is 0 Å². The van der Waals surface area contributed by atoms with Gasteiger partial charge < -0.3 is 9.15 Å². The molecule has 1 aliphatic heterocycles. The van der Waals surface area contributed by atoms with Gasteiger partial charge in [0.15, 0.2) is 6.39 Å². The van der Waals surface area contributed by atoms with E-state index in [2.05, 4.69) is 31.4 Å². The smallest absolute Gasteiger partial charge is 0.181 e. The van der Waals surface area contributed by atoms with Crippen LogP contribution >= 0.6 is 11.3 Å². The number of hydrogen-bond acceptors (Lipinski definition) is 6. The Hall–Kier alpha value is -1.96. The van der Waals surface area contributed by atoms with Crippen LogP contribution in [-0.2, 0) is 30.8 Å². The first-order chi connectivity index (χ1) is 11.8. The van der Waals surface area contributed by atoms with Crippen LogP contribution in [0.25, 0.3) is 11.4 Å². The largest absolute Gasteiger partial charge is 0.451 e. The Balaban J connectivity index is 1.63. The molecule has 1 aliphatic rings. The van der Waals surface area contributed by atoms with Crippen molar-refractivity contribution in [3.63, 3.8) is 0 Å². The Morgan fingerprint density at radius 1 is 1.42 bits per heavy atom. The van der Waals surface area contributed by atoms with Gasteiger partial charge in [-0.2, -0.15) is 16.4 Å². The molecular formula is C17H20N4O2S. The van der Waals surface area contributed by atoms with Crippen molar-refractivity contribution in [2.75, 3.05) is 20.3 Å². The third kappa shape index (κ3) is 3.02. The third-order valence-electron chi connectivity index (χ3n) is 4.38. The number of hydrogen-bond donors (Lipinski definition) is 0. The Labute approximate surface area is 144 Å². The average Bonchev–Trinajstić information content (AvgIpc) is 3.33. The zero-order chi connectivity index (χ0) is 16.4. The zero-order valence-corrected chi connectivity index (χ0v) is 14.5. The molecule has 24 heavy (non-hydrogen) atoms. The summed E-state index contributed by atoms with van der Waals surface area (Å²) in [7, 11) is 1.72. The minimum absolute atomic E-state index is 0.658. The van der Waals surface area contributed by atoms with E-state index in [1.165, 1.54) is 23.2 Å². The Bertz CT molecular complexity index is 780. The van der Waals surface area contributed by atoms with Crippen molar-refractivity contribution in [2.45, 2.75) is 26.1 Å². The molecule has 0 radical (unpaired) electrons. The molecule has 0 aromatic carbocycles. The molecule has 6 nitrogen and oxygen atoms in total. The van der Waals surface area contributed by atoms with Crippen molar-refractivity contribution in [3.8, 4) is 11.4 Å². The second-order valence-electron chi connectivity index (χ2n) is 5.96. The third-order valence-corrected chi connectivity index (χ3v) is 5.11. The monoisotopic (exact) mass is 344 g/mol. The molecule has 126 valence electrons. The summed E-state index contributed by atoms with van der Waals surface area (Å²) < 4.78 is 12.5. The van der Waals surface area contributed by atoms with E-state index in [4.69, 9.17) is 14.3 Å². The first-order valence-electron chi connectivity index (χ1n) is 8.04. The van der Waals surface area contributed by atoms with E-state index in [1.54, 1.807) is 24.7 Å². The number of oxazole rings is 1. The average molecular weight is 344 g/mol. The number of ether oxygens (including phenoxy) is 1. The summed E-state index contributed by atoms with van der Waals surface area (Å²) in [5.41, 5.74) is 5.68. The van der Waals surface area contributed by atoms with E-state index in [0.29, 0.717) is 6.61 Å². The fourth-order valence-electron chi connectivity index (χ4n) is 3.22. The molecule has 7 heteroatoms. The molecule has 0 fully saturated rings. The van der Waals surface area contributed by atoms with E-state index < -0.39 is 0 Å². The molecule has 0 spiro atoms. The van der Waals surface area contributed by atoms with E-state index >= 15 is 0 Å². The number of rotatable bonds is 6. The lowest BCUT2D eigenvalue weighted by molar-refractivity contribution is 0.180. The van der Waals surface area contributed by atoms with Gasteiger partial charge in [-0.15, -0.1) is 0 Å². The van der Waals surface area contributed by atoms with E-state index in [9.17, 15) is 0 Å². The van der Waals surface area contributed by atoms with Gasteiger partial charge in [0.25, 0.3) is 0 Å². The van der Waals surface area contributed by atoms with Gasteiger partial charge in [-0.1, -0.05) is 0 Å². The first-order valence-corrected chi connectivity index (χ1v) is 8.99.